The van der Waals surface area contributed by atoms with Gasteiger partial charge in [0.2, 0.25) is 10.0 Å². The van der Waals surface area contributed by atoms with E-state index in [0.29, 0.717) is 18.7 Å². The molecule has 0 saturated heterocycles. The van der Waals surface area contributed by atoms with Crippen molar-refractivity contribution in [3.63, 3.8) is 0 Å². The third-order valence-corrected chi connectivity index (χ3v) is 5.55. The second-order valence-corrected chi connectivity index (χ2v) is 8.36. The number of rotatable bonds is 4. The Kier molecular flexibility index (Phi) is 5.29. The van der Waals surface area contributed by atoms with E-state index in [-0.39, 0.29) is 17.9 Å². The molecule has 1 aliphatic heterocycles. The summed E-state index contributed by atoms with van der Waals surface area (Å²) in [6.07, 6.45) is 1.82. The van der Waals surface area contributed by atoms with Crippen LogP contribution in [-0.2, 0) is 27.8 Å². The molecule has 0 aliphatic carbocycles. The van der Waals surface area contributed by atoms with Crippen molar-refractivity contribution in [1.82, 2.24) is 4.31 Å². The van der Waals surface area contributed by atoms with Crippen LogP contribution in [0, 0.1) is 0 Å². The molecule has 0 spiro atoms. The van der Waals surface area contributed by atoms with Gasteiger partial charge in [-0.3, -0.25) is 9.59 Å². The van der Waals surface area contributed by atoms with Gasteiger partial charge in [0.05, 0.1) is 11.8 Å². The molecule has 0 bridgehead atoms. The van der Waals surface area contributed by atoms with Crippen molar-refractivity contribution in [2.24, 2.45) is 0 Å². The topological polar surface area (TPSA) is 92.8 Å². The highest BCUT2D eigenvalue weighted by Crippen LogP contribution is 2.25. The number of carbonyl (C=O) groups is 2. The van der Waals surface area contributed by atoms with E-state index in [1.54, 1.807) is 36.4 Å². The number of anilines is 1. The zero-order valence-electron chi connectivity index (χ0n) is 15.1. The smallest absolute Gasteiger partial charge is 0.308 e. The first-order valence-corrected chi connectivity index (χ1v) is 10.2. The van der Waals surface area contributed by atoms with Crippen molar-refractivity contribution in [2.45, 2.75) is 19.9 Å². The van der Waals surface area contributed by atoms with E-state index in [1.165, 1.54) is 17.5 Å². The van der Waals surface area contributed by atoms with Crippen molar-refractivity contribution in [3.8, 4) is 5.75 Å². The molecule has 8 heteroatoms. The molecule has 1 N–H and O–H groups in total. The molecule has 0 aromatic heterocycles. The number of hydrogen-bond acceptors (Lipinski definition) is 5. The lowest BCUT2D eigenvalue weighted by molar-refractivity contribution is -0.131. The second-order valence-electron chi connectivity index (χ2n) is 6.37. The summed E-state index contributed by atoms with van der Waals surface area (Å²) in [5, 5.41) is 2.78. The van der Waals surface area contributed by atoms with Gasteiger partial charge in [-0.2, -0.15) is 4.31 Å². The average Bonchev–Trinajstić information content (AvgIpc) is 2.60. The summed E-state index contributed by atoms with van der Waals surface area (Å²) in [4.78, 5) is 23.8. The highest BCUT2D eigenvalue weighted by atomic mass is 32.2. The number of nitrogens with one attached hydrogen (secondary N) is 1. The first kappa shape index (κ1) is 19.1. The van der Waals surface area contributed by atoms with Gasteiger partial charge in [0.25, 0.3) is 5.91 Å². The number of ether oxygens (including phenoxy) is 1. The van der Waals surface area contributed by atoms with Gasteiger partial charge >= 0.3 is 5.97 Å². The van der Waals surface area contributed by atoms with Crippen LogP contribution < -0.4 is 10.1 Å². The van der Waals surface area contributed by atoms with Crippen LogP contribution in [0.2, 0.25) is 0 Å². The van der Waals surface area contributed by atoms with Gasteiger partial charge in [-0.1, -0.05) is 18.2 Å². The average molecular weight is 388 g/mol. The molecular formula is C19H20N2O5S. The van der Waals surface area contributed by atoms with E-state index in [4.69, 9.17) is 4.74 Å². The molecule has 0 unspecified atom stereocenters. The summed E-state index contributed by atoms with van der Waals surface area (Å²) >= 11 is 0. The molecule has 2 aromatic rings. The molecule has 3 rings (SSSR count). The first-order valence-electron chi connectivity index (χ1n) is 8.40. The third kappa shape index (κ3) is 4.53. The number of para-hydroxylation sites is 1. The van der Waals surface area contributed by atoms with Gasteiger partial charge in [0.1, 0.15) is 5.75 Å². The molecule has 7 nitrogen and oxygen atoms in total. The lowest BCUT2D eigenvalue weighted by Gasteiger charge is -2.27. The molecule has 27 heavy (non-hydrogen) atoms. The summed E-state index contributed by atoms with van der Waals surface area (Å²) in [5.41, 5.74) is 2.71. The van der Waals surface area contributed by atoms with Crippen LogP contribution in [0.15, 0.2) is 42.5 Å². The first-order chi connectivity index (χ1) is 12.7. The van der Waals surface area contributed by atoms with Gasteiger partial charge < -0.3 is 10.1 Å². The number of benzene rings is 2. The maximum atomic E-state index is 12.6. The number of sulfonamides is 1. The maximum Gasteiger partial charge on any atom is 0.308 e. The minimum absolute atomic E-state index is 0.184. The largest absolute Gasteiger partial charge is 0.426 e. The highest BCUT2D eigenvalue weighted by molar-refractivity contribution is 7.88. The van der Waals surface area contributed by atoms with Crippen LogP contribution in [0.1, 0.15) is 28.4 Å². The van der Waals surface area contributed by atoms with Gasteiger partial charge in [-0.15, -0.1) is 0 Å². The predicted molar refractivity (Wildman–Crippen MR) is 101 cm³/mol. The Hall–Kier alpha value is -2.71. The summed E-state index contributed by atoms with van der Waals surface area (Å²) in [7, 11) is -3.27. The standard InChI is InChI=1S/C19H20N2O5S/c1-13(22)26-18-6-4-3-5-17(18)19(23)20-16-8-7-14-9-10-21(27(2,24)25)12-15(14)11-16/h3-8,11H,9-10,12H2,1-2H3,(H,20,23). The molecule has 142 valence electrons. The van der Waals surface area contributed by atoms with Crippen molar-refractivity contribution in [2.75, 3.05) is 18.1 Å². The minimum Gasteiger partial charge on any atom is -0.426 e. The van der Waals surface area contributed by atoms with Crippen LogP contribution >= 0.6 is 0 Å². The Bertz CT molecular complexity index is 1000. The normalized spacial score (nSPS) is 14.3. The Morgan fingerprint density at radius 2 is 1.85 bits per heavy atom. The molecule has 0 atom stereocenters. The van der Waals surface area contributed by atoms with E-state index in [2.05, 4.69) is 5.32 Å². The van der Waals surface area contributed by atoms with Crippen molar-refractivity contribution in [3.05, 3.63) is 59.2 Å². The lowest BCUT2D eigenvalue weighted by atomic mass is 10.0. The summed E-state index contributed by atoms with van der Waals surface area (Å²) in [6, 6.07) is 11.9. The molecule has 0 radical (unpaired) electrons. The lowest BCUT2D eigenvalue weighted by Crippen LogP contribution is -2.35. The van der Waals surface area contributed by atoms with Crippen LogP contribution in [0.25, 0.3) is 0 Å². The van der Waals surface area contributed by atoms with Crippen molar-refractivity contribution >= 4 is 27.6 Å². The molecule has 1 amide bonds. The van der Waals surface area contributed by atoms with Crippen LogP contribution in [0.4, 0.5) is 5.69 Å². The van der Waals surface area contributed by atoms with E-state index < -0.39 is 21.9 Å². The molecule has 0 saturated carbocycles. The Morgan fingerprint density at radius 3 is 2.56 bits per heavy atom. The summed E-state index contributed by atoms with van der Waals surface area (Å²) < 4.78 is 30.1. The van der Waals surface area contributed by atoms with E-state index in [0.717, 1.165) is 11.1 Å². The fraction of sp³-hybridized carbons (Fsp3) is 0.263. The van der Waals surface area contributed by atoms with Crippen LogP contribution in [0.5, 0.6) is 5.75 Å². The Labute approximate surface area is 158 Å². The number of esters is 1. The van der Waals surface area contributed by atoms with E-state index >= 15 is 0 Å². The fourth-order valence-corrected chi connectivity index (χ4v) is 3.79. The molecular weight excluding hydrogens is 368 g/mol. The highest BCUT2D eigenvalue weighted by Gasteiger charge is 2.23. The maximum absolute atomic E-state index is 12.6. The number of amides is 1. The van der Waals surface area contributed by atoms with Crippen LogP contribution in [-0.4, -0.2) is 37.4 Å². The second kappa shape index (κ2) is 7.50. The molecule has 0 fully saturated rings. The van der Waals surface area contributed by atoms with Crippen molar-refractivity contribution in [1.29, 1.82) is 0 Å². The quantitative estimate of drug-likeness (QED) is 0.640. The van der Waals surface area contributed by atoms with Crippen LogP contribution in [0.3, 0.4) is 0 Å². The monoisotopic (exact) mass is 388 g/mol. The summed E-state index contributed by atoms with van der Waals surface area (Å²) in [6.45, 7) is 2.00. The SMILES string of the molecule is CC(=O)Oc1ccccc1C(=O)Nc1ccc2c(c1)CN(S(C)(=O)=O)CC2. The van der Waals surface area contributed by atoms with Gasteiger partial charge in [0, 0.05) is 25.7 Å². The van der Waals surface area contributed by atoms with E-state index in [1.807, 2.05) is 6.07 Å². The minimum atomic E-state index is -3.27. The van der Waals surface area contributed by atoms with Gasteiger partial charge in [-0.05, 0) is 41.8 Å². The number of fused-ring (bicyclic) bond motifs is 1. The third-order valence-electron chi connectivity index (χ3n) is 4.30. The molecule has 1 heterocycles. The number of nitrogens with zero attached hydrogens (tertiary/aromatic N) is 1. The predicted octanol–water partition coefficient (Wildman–Crippen LogP) is 2.18. The molecule has 2 aromatic carbocycles. The van der Waals surface area contributed by atoms with Gasteiger partial charge in [-0.25, -0.2) is 8.42 Å². The zero-order valence-corrected chi connectivity index (χ0v) is 15.9. The zero-order chi connectivity index (χ0) is 19.6. The fourth-order valence-electron chi connectivity index (χ4n) is 2.99. The Morgan fingerprint density at radius 1 is 1.11 bits per heavy atom. The number of carbonyl (C=O) groups excluding carboxylic acids is 2. The van der Waals surface area contributed by atoms with E-state index in [9.17, 15) is 18.0 Å². The van der Waals surface area contributed by atoms with Gasteiger partial charge in [0.15, 0.2) is 0 Å². The number of hydrogen-bond donors (Lipinski definition) is 1. The summed E-state index contributed by atoms with van der Waals surface area (Å²) in [5.74, 6) is -0.740. The molecule has 1 aliphatic rings. The van der Waals surface area contributed by atoms with Crippen molar-refractivity contribution < 1.29 is 22.7 Å². The Balaban J connectivity index is 1.82.